The van der Waals surface area contributed by atoms with Gasteiger partial charge in [0.25, 0.3) is 5.91 Å². The van der Waals surface area contributed by atoms with Crippen LogP contribution in [-0.2, 0) is 16.5 Å². The molecule has 1 aliphatic rings. The highest BCUT2D eigenvalue weighted by molar-refractivity contribution is 6.03. The average Bonchev–Trinajstić information content (AvgIpc) is 3.15. The molecule has 1 saturated heterocycles. The maximum Gasteiger partial charge on any atom is 0.274 e. The van der Waals surface area contributed by atoms with Crippen LogP contribution in [0.15, 0.2) is 30.5 Å². The van der Waals surface area contributed by atoms with Gasteiger partial charge in [-0.25, -0.2) is 22.5 Å². The summed E-state index contributed by atoms with van der Waals surface area (Å²) < 4.78 is 75.4. The molecule has 9 nitrogen and oxygen atoms in total. The molecule has 1 aliphatic heterocycles. The van der Waals surface area contributed by atoms with E-state index in [1.165, 1.54) is 18.0 Å². The molecule has 4 rings (SSSR count). The lowest BCUT2D eigenvalue weighted by Crippen LogP contribution is -2.32. The number of ether oxygens (including phenoxy) is 3. The summed E-state index contributed by atoms with van der Waals surface area (Å²) in [5.74, 6) is -4.16. The van der Waals surface area contributed by atoms with Crippen molar-refractivity contribution in [3.8, 4) is 17.0 Å². The number of aromatic nitrogens is 3. The van der Waals surface area contributed by atoms with Crippen molar-refractivity contribution in [2.24, 2.45) is 12.8 Å². The number of hydrogen-bond acceptors (Lipinski definition) is 7. The molecule has 0 saturated carbocycles. The van der Waals surface area contributed by atoms with Crippen molar-refractivity contribution in [3.63, 3.8) is 0 Å². The third-order valence-corrected chi connectivity index (χ3v) is 6.11. The van der Waals surface area contributed by atoms with E-state index in [9.17, 15) is 22.4 Å². The fourth-order valence-corrected chi connectivity index (χ4v) is 4.11. The lowest BCUT2D eigenvalue weighted by molar-refractivity contribution is 0.0247. The number of carbonyl (C=O) groups excluding carboxylic acids is 1. The number of rotatable bonds is 8. The van der Waals surface area contributed by atoms with Crippen molar-refractivity contribution in [1.82, 2.24) is 14.8 Å². The number of amides is 1. The third-order valence-electron chi connectivity index (χ3n) is 6.11. The molecule has 1 aromatic carbocycles. The van der Waals surface area contributed by atoms with Crippen LogP contribution in [0.25, 0.3) is 11.3 Å². The smallest absolute Gasteiger partial charge is 0.274 e. The average molecular weight is 538 g/mol. The van der Waals surface area contributed by atoms with E-state index in [0.717, 1.165) is 24.3 Å². The number of alkyl halides is 1. The lowest BCUT2D eigenvalue weighted by Gasteiger charge is -2.18. The topological polar surface area (TPSA) is 114 Å². The van der Waals surface area contributed by atoms with Crippen LogP contribution in [0.5, 0.6) is 5.75 Å². The molecule has 1 amide bonds. The number of nitrogens with two attached hydrogens (primary N) is 1. The molecule has 0 aliphatic carbocycles. The Morgan fingerprint density at radius 3 is 2.63 bits per heavy atom. The summed E-state index contributed by atoms with van der Waals surface area (Å²) in [5, 5.41) is 6.76. The first kappa shape index (κ1) is 27.5. The molecule has 0 spiro atoms. The monoisotopic (exact) mass is 537 g/mol. The summed E-state index contributed by atoms with van der Waals surface area (Å²) in [6, 6.07) is 3.09. The molecule has 1 fully saturated rings. The number of nitrogens with one attached hydrogen (secondary N) is 1. The summed E-state index contributed by atoms with van der Waals surface area (Å²) in [4.78, 5) is 16.9. The second kappa shape index (κ2) is 11.9. The van der Waals surface area contributed by atoms with E-state index in [2.05, 4.69) is 15.4 Å². The SMILES string of the molecule is COCCOc1cc(F)c(-c2nc(C(=O)Nc3cnn(C)c3[C@@H]3CC[C@@H](N)[C@@H](F)CO3)ccc2F)c(F)c1. The Morgan fingerprint density at radius 1 is 1.18 bits per heavy atom. The van der Waals surface area contributed by atoms with Gasteiger partial charge in [-0.15, -0.1) is 0 Å². The molecule has 3 heterocycles. The predicted octanol–water partition coefficient (Wildman–Crippen LogP) is 3.69. The summed E-state index contributed by atoms with van der Waals surface area (Å²) in [6.45, 7) is 0.0504. The second-order valence-corrected chi connectivity index (χ2v) is 8.73. The van der Waals surface area contributed by atoms with Gasteiger partial charge in [-0.05, 0) is 25.0 Å². The van der Waals surface area contributed by atoms with Crippen molar-refractivity contribution >= 4 is 11.6 Å². The molecule has 38 heavy (non-hydrogen) atoms. The van der Waals surface area contributed by atoms with Crippen molar-refractivity contribution in [3.05, 3.63) is 59.3 Å². The van der Waals surface area contributed by atoms with E-state index in [0.29, 0.717) is 18.5 Å². The molecular formula is C25H27F4N5O4. The highest BCUT2D eigenvalue weighted by Gasteiger charge is 2.30. The third kappa shape index (κ3) is 5.95. The van der Waals surface area contributed by atoms with Gasteiger partial charge < -0.3 is 25.3 Å². The van der Waals surface area contributed by atoms with Gasteiger partial charge in [-0.1, -0.05) is 0 Å². The van der Waals surface area contributed by atoms with Crippen LogP contribution in [0.3, 0.4) is 0 Å². The number of hydrogen-bond donors (Lipinski definition) is 2. The zero-order valence-corrected chi connectivity index (χ0v) is 20.7. The Kier molecular flexibility index (Phi) is 8.59. The van der Waals surface area contributed by atoms with Gasteiger partial charge in [0.2, 0.25) is 0 Å². The number of aryl methyl sites for hydroxylation is 1. The number of halogens is 4. The maximum atomic E-state index is 14.8. The van der Waals surface area contributed by atoms with Gasteiger partial charge in [-0.2, -0.15) is 5.10 Å². The van der Waals surface area contributed by atoms with Gasteiger partial charge in [0, 0.05) is 32.3 Å². The van der Waals surface area contributed by atoms with E-state index in [1.54, 1.807) is 7.05 Å². The molecule has 0 radical (unpaired) electrons. The molecule has 3 N–H and O–H groups in total. The molecule has 2 aromatic heterocycles. The molecule has 0 unspecified atom stereocenters. The van der Waals surface area contributed by atoms with Crippen molar-refractivity contribution < 1.29 is 36.6 Å². The first-order chi connectivity index (χ1) is 18.2. The zero-order valence-electron chi connectivity index (χ0n) is 20.7. The van der Waals surface area contributed by atoms with E-state index in [4.69, 9.17) is 19.9 Å². The van der Waals surface area contributed by atoms with Crippen molar-refractivity contribution in [1.29, 1.82) is 0 Å². The summed E-state index contributed by atoms with van der Waals surface area (Å²) in [5.41, 5.74) is 4.81. The summed E-state index contributed by atoms with van der Waals surface area (Å²) >= 11 is 0. The highest BCUT2D eigenvalue weighted by Crippen LogP contribution is 2.33. The molecule has 3 atom stereocenters. The van der Waals surface area contributed by atoms with Gasteiger partial charge in [0.1, 0.15) is 53.5 Å². The minimum absolute atomic E-state index is 0.0559. The van der Waals surface area contributed by atoms with E-state index >= 15 is 0 Å². The fourth-order valence-electron chi connectivity index (χ4n) is 4.11. The normalized spacial score (nSPS) is 19.7. The van der Waals surface area contributed by atoms with Crippen molar-refractivity contribution in [2.75, 3.05) is 32.2 Å². The number of anilines is 1. The number of methoxy groups -OCH3 is 1. The zero-order chi connectivity index (χ0) is 27.4. The Labute approximate surface area is 215 Å². The maximum absolute atomic E-state index is 14.8. The number of carbonyl (C=O) groups is 1. The predicted molar refractivity (Wildman–Crippen MR) is 129 cm³/mol. The molecular weight excluding hydrogens is 510 g/mol. The van der Waals surface area contributed by atoms with Gasteiger partial charge in [0.05, 0.1) is 36.4 Å². The summed E-state index contributed by atoms with van der Waals surface area (Å²) in [7, 11) is 3.08. The minimum Gasteiger partial charge on any atom is -0.491 e. The Balaban J connectivity index is 1.58. The lowest BCUT2D eigenvalue weighted by atomic mass is 10.0. The molecule has 0 bridgehead atoms. The standard InChI is InChI=1S/C25H27F4N5O4/c1-34-24(21-6-4-18(30)17(29)12-38-21)20(11-31-34)33-25(35)19-5-3-14(26)23(32-19)22-15(27)9-13(10-16(22)28)37-8-7-36-2/h3,5,9-11,17-18,21H,4,6-8,12,30H2,1-2H3,(H,33,35)/t17-,18+,21-/m0/s1. The highest BCUT2D eigenvalue weighted by atomic mass is 19.1. The number of pyridine rings is 1. The first-order valence-electron chi connectivity index (χ1n) is 11.8. The number of benzene rings is 1. The fraction of sp³-hybridized carbons (Fsp3) is 0.400. The second-order valence-electron chi connectivity index (χ2n) is 8.73. The Morgan fingerprint density at radius 2 is 1.92 bits per heavy atom. The van der Waals surface area contributed by atoms with E-state index in [1.807, 2.05) is 0 Å². The van der Waals surface area contributed by atoms with Crippen LogP contribution in [0.1, 0.15) is 35.1 Å². The van der Waals surface area contributed by atoms with Gasteiger partial charge in [-0.3, -0.25) is 9.48 Å². The van der Waals surface area contributed by atoms with Crippen LogP contribution in [0.4, 0.5) is 23.2 Å². The molecule has 204 valence electrons. The van der Waals surface area contributed by atoms with Crippen molar-refractivity contribution in [2.45, 2.75) is 31.2 Å². The number of nitrogens with zero attached hydrogens (tertiary/aromatic N) is 3. The Hall–Kier alpha value is -3.55. The van der Waals surface area contributed by atoms with Crippen LogP contribution >= 0.6 is 0 Å². The Bertz CT molecular complexity index is 1270. The summed E-state index contributed by atoms with van der Waals surface area (Å²) in [6.07, 6.45) is 0.224. The van der Waals surface area contributed by atoms with Gasteiger partial charge in [0.15, 0.2) is 0 Å². The minimum atomic E-state index is -1.32. The quantitative estimate of drug-likeness (QED) is 0.333. The van der Waals surface area contributed by atoms with Crippen LogP contribution in [0, 0.1) is 17.5 Å². The van der Waals surface area contributed by atoms with E-state index < -0.39 is 52.9 Å². The van der Waals surface area contributed by atoms with Crippen LogP contribution in [0.2, 0.25) is 0 Å². The van der Waals surface area contributed by atoms with E-state index in [-0.39, 0.29) is 37.0 Å². The van der Waals surface area contributed by atoms with Crippen LogP contribution < -0.4 is 15.8 Å². The molecule has 13 heteroatoms. The largest absolute Gasteiger partial charge is 0.491 e. The van der Waals surface area contributed by atoms with Gasteiger partial charge >= 0.3 is 0 Å². The first-order valence-corrected chi connectivity index (χ1v) is 11.8. The molecule has 3 aromatic rings. The van der Waals surface area contributed by atoms with Crippen LogP contribution in [-0.4, -0.2) is 59.8 Å².